The van der Waals surface area contributed by atoms with E-state index in [4.69, 9.17) is 26.6 Å². The smallest absolute Gasteiger partial charge is 0.222 e. The zero-order valence-electron chi connectivity index (χ0n) is 12.2. The Kier molecular flexibility index (Phi) is 4.47. The van der Waals surface area contributed by atoms with Crippen LogP contribution in [-0.2, 0) is 4.74 Å². The summed E-state index contributed by atoms with van der Waals surface area (Å²) in [6, 6.07) is 7.70. The Hall–Kier alpha value is -1.82. The Labute approximate surface area is 134 Å². The molecule has 1 aromatic carbocycles. The van der Waals surface area contributed by atoms with Gasteiger partial charge in [-0.3, -0.25) is 4.90 Å². The van der Waals surface area contributed by atoms with Crippen LogP contribution in [0.25, 0.3) is 11.3 Å². The molecule has 2 aromatic rings. The van der Waals surface area contributed by atoms with Crippen LogP contribution in [0.2, 0.25) is 5.02 Å². The molecule has 3 rings (SSSR count). The van der Waals surface area contributed by atoms with Gasteiger partial charge in [0.1, 0.15) is 5.69 Å². The molecule has 116 valence electrons. The molecular formula is C16H18ClN3O2. The van der Waals surface area contributed by atoms with Crippen molar-refractivity contribution in [1.29, 1.82) is 0 Å². The number of morpholine rings is 1. The van der Waals surface area contributed by atoms with Crippen molar-refractivity contribution >= 4 is 17.5 Å². The van der Waals surface area contributed by atoms with Crippen molar-refractivity contribution in [2.24, 2.45) is 0 Å². The van der Waals surface area contributed by atoms with Crippen LogP contribution in [0.4, 0.5) is 5.88 Å². The predicted molar refractivity (Wildman–Crippen MR) is 86.7 cm³/mol. The van der Waals surface area contributed by atoms with E-state index in [0.29, 0.717) is 17.3 Å². The summed E-state index contributed by atoms with van der Waals surface area (Å²) in [5, 5.41) is 4.60. The molecule has 0 bridgehead atoms. The summed E-state index contributed by atoms with van der Waals surface area (Å²) in [5.74, 6) is 0.283. The Morgan fingerprint density at radius 3 is 3.00 bits per heavy atom. The van der Waals surface area contributed by atoms with Crippen LogP contribution in [0.15, 0.2) is 41.4 Å². The Morgan fingerprint density at radius 2 is 2.27 bits per heavy atom. The second kappa shape index (κ2) is 6.52. The summed E-state index contributed by atoms with van der Waals surface area (Å²) in [4.78, 5) is 2.32. The summed E-state index contributed by atoms with van der Waals surface area (Å²) in [6.45, 7) is 6.87. The van der Waals surface area contributed by atoms with Gasteiger partial charge in [0.2, 0.25) is 5.88 Å². The SMILES string of the molecule is C=CCN1CCOC[C@H]1c1cc(Cl)cc(-c2cc(N)on2)c1. The van der Waals surface area contributed by atoms with Crippen molar-refractivity contribution in [2.45, 2.75) is 6.04 Å². The van der Waals surface area contributed by atoms with E-state index in [9.17, 15) is 0 Å². The number of nitrogens with two attached hydrogens (primary N) is 1. The number of nitrogen functional groups attached to an aromatic ring is 1. The molecule has 6 heteroatoms. The minimum Gasteiger partial charge on any atom is -0.378 e. The second-order valence-electron chi connectivity index (χ2n) is 5.26. The Morgan fingerprint density at radius 1 is 1.41 bits per heavy atom. The maximum absolute atomic E-state index is 6.28. The topological polar surface area (TPSA) is 64.5 Å². The van der Waals surface area contributed by atoms with E-state index >= 15 is 0 Å². The number of benzene rings is 1. The van der Waals surface area contributed by atoms with E-state index in [1.165, 1.54) is 0 Å². The molecule has 0 unspecified atom stereocenters. The first-order valence-electron chi connectivity index (χ1n) is 7.13. The summed E-state index contributed by atoms with van der Waals surface area (Å²) in [5.41, 5.74) is 8.24. The fourth-order valence-electron chi connectivity index (χ4n) is 2.71. The number of anilines is 1. The molecule has 1 atom stereocenters. The van der Waals surface area contributed by atoms with E-state index in [0.717, 1.165) is 30.8 Å². The summed E-state index contributed by atoms with van der Waals surface area (Å²) in [6.07, 6.45) is 1.90. The lowest BCUT2D eigenvalue weighted by molar-refractivity contribution is -0.00253. The molecule has 1 aliphatic heterocycles. The molecular weight excluding hydrogens is 302 g/mol. The summed E-state index contributed by atoms with van der Waals surface area (Å²) in [7, 11) is 0. The lowest BCUT2D eigenvalue weighted by atomic mass is 10.0. The molecule has 0 radical (unpaired) electrons. The van der Waals surface area contributed by atoms with Gasteiger partial charge in [-0.25, -0.2) is 0 Å². The molecule has 1 aliphatic rings. The standard InChI is InChI=1S/C16H18ClN3O2/c1-2-3-20-4-5-21-10-15(20)12-6-11(7-13(17)8-12)14-9-16(18)22-19-14/h2,6-9,15H,1,3-5,10,18H2/t15-/m0/s1. The third kappa shape index (κ3) is 3.16. The Balaban J connectivity index is 1.95. The zero-order valence-corrected chi connectivity index (χ0v) is 12.9. The minimum atomic E-state index is 0.147. The first kappa shape index (κ1) is 15.1. The van der Waals surface area contributed by atoms with Gasteiger partial charge in [-0.1, -0.05) is 22.8 Å². The van der Waals surface area contributed by atoms with Gasteiger partial charge in [0.05, 0.1) is 19.3 Å². The average molecular weight is 320 g/mol. The van der Waals surface area contributed by atoms with Gasteiger partial charge >= 0.3 is 0 Å². The van der Waals surface area contributed by atoms with Gasteiger partial charge in [0, 0.05) is 29.7 Å². The van der Waals surface area contributed by atoms with Crippen molar-refractivity contribution in [3.63, 3.8) is 0 Å². The third-order valence-electron chi connectivity index (χ3n) is 3.73. The van der Waals surface area contributed by atoms with E-state index in [1.54, 1.807) is 6.07 Å². The predicted octanol–water partition coefficient (Wildman–Crippen LogP) is 3.14. The fourth-order valence-corrected chi connectivity index (χ4v) is 2.95. The molecule has 0 amide bonds. The number of hydrogen-bond donors (Lipinski definition) is 1. The second-order valence-corrected chi connectivity index (χ2v) is 5.70. The Bertz CT molecular complexity index is 671. The minimum absolute atomic E-state index is 0.147. The maximum atomic E-state index is 6.28. The lowest BCUT2D eigenvalue weighted by Crippen LogP contribution is -2.39. The van der Waals surface area contributed by atoms with Crippen molar-refractivity contribution in [1.82, 2.24) is 10.1 Å². The number of rotatable bonds is 4. The molecule has 1 saturated heterocycles. The van der Waals surface area contributed by atoms with Crippen molar-refractivity contribution in [3.8, 4) is 11.3 Å². The molecule has 1 aromatic heterocycles. The van der Waals surface area contributed by atoms with Gasteiger partial charge in [0.15, 0.2) is 0 Å². The summed E-state index contributed by atoms with van der Waals surface area (Å²) >= 11 is 6.28. The number of ether oxygens (including phenoxy) is 1. The van der Waals surface area contributed by atoms with Gasteiger partial charge in [-0.05, 0) is 23.8 Å². The monoisotopic (exact) mass is 319 g/mol. The van der Waals surface area contributed by atoms with E-state index in [1.807, 2.05) is 18.2 Å². The van der Waals surface area contributed by atoms with Crippen LogP contribution in [0, 0.1) is 0 Å². The first-order valence-corrected chi connectivity index (χ1v) is 7.51. The molecule has 22 heavy (non-hydrogen) atoms. The normalized spacial score (nSPS) is 19.2. The summed E-state index contributed by atoms with van der Waals surface area (Å²) < 4.78 is 10.6. The number of nitrogens with zero attached hydrogens (tertiary/aromatic N) is 2. The van der Waals surface area contributed by atoms with Gasteiger partial charge < -0.3 is 15.0 Å². The van der Waals surface area contributed by atoms with Crippen LogP contribution < -0.4 is 5.73 Å². The molecule has 2 heterocycles. The lowest BCUT2D eigenvalue weighted by Gasteiger charge is -2.35. The van der Waals surface area contributed by atoms with Gasteiger partial charge in [-0.15, -0.1) is 6.58 Å². The first-order chi connectivity index (χ1) is 10.7. The number of aromatic nitrogens is 1. The van der Waals surface area contributed by atoms with Crippen molar-refractivity contribution in [3.05, 3.63) is 47.5 Å². The molecule has 0 saturated carbocycles. The quantitative estimate of drug-likeness (QED) is 0.877. The van der Waals surface area contributed by atoms with Crippen molar-refractivity contribution in [2.75, 3.05) is 32.0 Å². The highest BCUT2D eigenvalue weighted by Gasteiger charge is 2.24. The highest BCUT2D eigenvalue weighted by atomic mass is 35.5. The molecule has 2 N–H and O–H groups in total. The van der Waals surface area contributed by atoms with Gasteiger partial charge in [-0.2, -0.15) is 0 Å². The van der Waals surface area contributed by atoms with Gasteiger partial charge in [0.25, 0.3) is 0 Å². The molecule has 5 nitrogen and oxygen atoms in total. The zero-order chi connectivity index (χ0) is 15.5. The van der Waals surface area contributed by atoms with Crippen LogP contribution in [0.1, 0.15) is 11.6 Å². The van der Waals surface area contributed by atoms with Crippen LogP contribution in [-0.4, -0.2) is 36.4 Å². The number of halogens is 1. The molecule has 0 spiro atoms. The largest absolute Gasteiger partial charge is 0.378 e. The van der Waals surface area contributed by atoms with Crippen LogP contribution in [0.5, 0.6) is 0 Å². The van der Waals surface area contributed by atoms with E-state index in [-0.39, 0.29) is 11.9 Å². The fraction of sp³-hybridized carbons (Fsp3) is 0.312. The maximum Gasteiger partial charge on any atom is 0.222 e. The average Bonchev–Trinajstić information content (AvgIpc) is 2.94. The van der Waals surface area contributed by atoms with Crippen LogP contribution in [0.3, 0.4) is 0 Å². The number of hydrogen-bond acceptors (Lipinski definition) is 5. The highest BCUT2D eigenvalue weighted by molar-refractivity contribution is 6.31. The van der Waals surface area contributed by atoms with Crippen LogP contribution >= 0.6 is 11.6 Å². The van der Waals surface area contributed by atoms with Crippen molar-refractivity contribution < 1.29 is 9.26 Å². The third-order valence-corrected chi connectivity index (χ3v) is 3.95. The highest BCUT2D eigenvalue weighted by Crippen LogP contribution is 2.31. The molecule has 0 aliphatic carbocycles. The van der Waals surface area contributed by atoms with E-state index in [2.05, 4.69) is 22.7 Å². The molecule has 1 fully saturated rings. The van der Waals surface area contributed by atoms with E-state index < -0.39 is 0 Å².